The number of nitrogens with one attached hydrogen (secondary N) is 1. The molecule has 0 aliphatic rings. The lowest BCUT2D eigenvalue weighted by Crippen LogP contribution is -2.41. The summed E-state index contributed by atoms with van der Waals surface area (Å²) in [5, 5.41) is 10.5. The van der Waals surface area contributed by atoms with E-state index in [0.717, 1.165) is 0 Å². The van der Waals surface area contributed by atoms with E-state index in [-0.39, 0.29) is 5.71 Å². The molecule has 0 radical (unpaired) electrons. The van der Waals surface area contributed by atoms with Crippen LogP contribution in [0.2, 0.25) is 0 Å². The largest absolute Gasteiger partial charge is 0.497 e. The van der Waals surface area contributed by atoms with Crippen LogP contribution in [-0.4, -0.2) is 40.6 Å². The summed E-state index contributed by atoms with van der Waals surface area (Å²) in [5.41, 5.74) is 9.07. The van der Waals surface area contributed by atoms with Gasteiger partial charge in [-0.05, 0) is 31.2 Å². The van der Waals surface area contributed by atoms with Gasteiger partial charge in [0.25, 0.3) is 5.78 Å². The minimum Gasteiger partial charge on any atom is -0.497 e. The Labute approximate surface area is 109 Å². The number of rotatable bonds is 5. The lowest BCUT2D eigenvalue weighted by Gasteiger charge is -2.07. The summed E-state index contributed by atoms with van der Waals surface area (Å²) in [6.07, 6.45) is -1.33. The van der Waals surface area contributed by atoms with Crippen molar-refractivity contribution < 1.29 is 24.2 Å². The molecule has 7 heteroatoms. The molecule has 0 saturated heterocycles. The molecule has 19 heavy (non-hydrogen) atoms. The van der Waals surface area contributed by atoms with Crippen LogP contribution in [0.3, 0.4) is 0 Å². The summed E-state index contributed by atoms with van der Waals surface area (Å²) in [4.78, 5) is 25.3. The molecule has 2 N–H and O–H groups in total. The third-order valence-electron chi connectivity index (χ3n) is 2.43. The first-order valence-corrected chi connectivity index (χ1v) is 5.39. The molecule has 1 aromatic rings. The SMILES string of the molecule is COc1ccc(C(=[N+]=[N-])C(=O)C(C)NC(=O)O)cc1. The van der Waals surface area contributed by atoms with Crippen LogP contribution in [-0.2, 0) is 4.79 Å². The second kappa shape index (κ2) is 6.32. The van der Waals surface area contributed by atoms with Gasteiger partial charge in [0.15, 0.2) is 0 Å². The van der Waals surface area contributed by atoms with Crippen LogP contribution in [0, 0.1) is 0 Å². The van der Waals surface area contributed by atoms with E-state index >= 15 is 0 Å². The molecular weight excluding hydrogens is 250 g/mol. The second-order valence-corrected chi connectivity index (χ2v) is 3.71. The zero-order chi connectivity index (χ0) is 14.4. The van der Waals surface area contributed by atoms with E-state index in [4.69, 9.17) is 15.4 Å². The van der Waals surface area contributed by atoms with Crippen molar-refractivity contribution in [2.75, 3.05) is 7.11 Å². The van der Waals surface area contributed by atoms with E-state index in [0.29, 0.717) is 11.3 Å². The first kappa shape index (κ1) is 14.4. The standard InChI is InChI=1S/C12H13N3O4/c1-7(14-12(17)18)11(16)10(15-13)8-3-5-9(19-2)6-4-8/h3-7,14H,1-2H3,(H,17,18). The number of hydrogen-bond acceptors (Lipinski definition) is 3. The van der Waals surface area contributed by atoms with Crippen molar-refractivity contribution in [1.82, 2.24) is 5.32 Å². The molecule has 1 unspecified atom stereocenters. The van der Waals surface area contributed by atoms with Gasteiger partial charge >= 0.3 is 11.8 Å². The van der Waals surface area contributed by atoms with Crippen LogP contribution >= 0.6 is 0 Å². The van der Waals surface area contributed by atoms with Gasteiger partial charge in [-0.3, -0.25) is 4.79 Å². The number of carbonyl (C=O) groups excluding carboxylic acids is 1. The van der Waals surface area contributed by atoms with Crippen molar-refractivity contribution in [2.45, 2.75) is 13.0 Å². The monoisotopic (exact) mass is 263 g/mol. The minimum atomic E-state index is -1.33. The molecule has 0 aromatic heterocycles. The van der Waals surface area contributed by atoms with Gasteiger partial charge in [-0.15, -0.1) is 0 Å². The van der Waals surface area contributed by atoms with E-state index in [1.54, 1.807) is 24.3 Å². The van der Waals surface area contributed by atoms with Crippen LogP contribution in [0.25, 0.3) is 5.53 Å². The fourth-order valence-electron chi connectivity index (χ4n) is 1.45. The molecule has 0 aliphatic heterocycles. The van der Waals surface area contributed by atoms with Crippen molar-refractivity contribution >= 4 is 17.6 Å². The van der Waals surface area contributed by atoms with Crippen molar-refractivity contribution in [3.8, 4) is 5.75 Å². The summed E-state index contributed by atoms with van der Waals surface area (Å²) in [5.74, 6) is -0.0414. The Balaban J connectivity index is 2.97. The number of Topliss-reactive ketones (excluding diaryl/α,β-unsaturated/α-hetero) is 1. The van der Waals surface area contributed by atoms with E-state index in [1.165, 1.54) is 14.0 Å². The lowest BCUT2D eigenvalue weighted by molar-refractivity contribution is -0.118. The van der Waals surface area contributed by atoms with Gasteiger partial charge in [0.2, 0.25) is 0 Å². The molecule has 100 valence electrons. The molecule has 1 atom stereocenters. The first-order chi connectivity index (χ1) is 8.99. The molecule has 0 aliphatic carbocycles. The Kier molecular flexibility index (Phi) is 4.79. The Hall–Kier alpha value is -2.66. The van der Waals surface area contributed by atoms with Crippen molar-refractivity contribution in [3.05, 3.63) is 35.4 Å². The van der Waals surface area contributed by atoms with Gasteiger partial charge in [0, 0.05) is 0 Å². The van der Waals surface area contributed by atoms with Crippen LogP contribution in [0.1, 0.15) is 12.5 Å². The van der Waals surface area contributed by atoms with E-state index in [2.05, 4.69) is 4.79 Å². The Morgan fingerprint density at radius 1 is 1.37 bits per heavy atom. The molecule has 1 amide bonds. The predicted octanol–water partition coefficient (Wildman–Crippen LogP) is 0.939. The molecule has 0 spiro atoms. The van der Waals surface area contributed by atoms with Gasteiger partial charge in [-0.2, -0.15) is 4.79 Å². The highest BCUT2D eigenvalue weighted by atomic mass is 16.5. The molecule has 0 heterocycles. The number of ketones is 1. The molecule has 0 fully saturated rings. The average molecular weight is 263 g/mol. The van der Waals surface area contributed by atoms with Crippen LogP contribution in [0.4, 0.5) is 4.79 Å². The van der Waals surface area contributed by atoms with Crippen LogP contribution < -0.4 is 10.1 Å². The summed E-state index contributed by atoms with van der Waals surface area (Å²) in [7, 11) is 1.50. The smallest absolute Gasteiger partial charge is 0.405 e. The number of carbonyl (C=O) groups is 2. The summed E-state index contributed by atoms with van der Waals surface area (Å²) < 4.78 is 4.97. The lowest BCUT2D eigenvalue weighted by atomic mass is 10.0. The zero-order valence-corrected chi connectivity index (χ0v) is 10.5. The average Bonchev–Trinajstić information content (AvgIpc) is 2.39. The normalized spacial score (nSPS) is 11.1. The number of carboxylic acid groups (broad SMARTS) is 1. The minimum absolute atomic E-state index is 0.219. The van der Waals surface area contributed by atoms with Crippen LogP contribution in [0.5, 0.6) is 5.75 Å². The van der Waals surface area contributed by atoms with Crippen molar-refractivity contribution in [2.24, 2.45) is 0 Å². The van der Waals surface area contributed by atoms with Gasteiger partial charge in [0.05, 0.1) is 12.7 Å². The summed E-state index contributed by atoms with van der Waals surface area (Å²) in [6.45, 7) is 1.37. The molecule has 1 aromatic carbocycles. The van der Waals surface area contributed by atoms with Gasteiger partial charge in [-0.25, -0.2) is 4.79 Å². The quantitative estimate of drug-likeness (QED) is 0.467. The van der Waals surface area contributed by atoms with Gasteiger partial charge < -0.3 is 20.7 Å². The number of hydrogen-bond donors (Lipinski definition) is 2. The number of ether oxygens (including phenoxy) is 1. The number of methoxy groups -OCH3 is 1. The molecular formula is C12H13N3O4. The van der Waals surface area contributed by atoms with Gasteiger partial charge in [0.1, 0.15) is 11.8 Å². The number of benzene rings is 1. The highest BCUT2D eigenvalue weighted by Crippen LogP contribution is 2.12. The van der Waals surface area contributed by atoms with E-state index in [1.807, 2.05) is 5.32 Å². The Bertz CT molecular complexity index is 532. The third kappa shape index (κ3) is 3.65. The fourth-order valence-corrected chi connectivity index (χ4v) is 1.45. The van der Waals surface area contributed by atoms with E-state index in [9.17, 15) is 9.59 Å². The highest BCUT2D eigenvalue weighted by molar-refractivity contribution is 6.45. The van der Waals surface area contributed by atoms with Crippen molar-refractivity contribution in [3.63, 3.8) is 0 Å². The third-order valence-corrected chi connectivity index (χ3v) is 2.43. The topological polar surface area (TPSA) is 112 Å². The Morgan fingerprint density at radius 2 is 1.95 bits per heavy atom. The van der Waals surface area contributed by atoms with Crippen molar-refractivity contribution in [1.29, 1.82) is 0 Å². The maximum absolute atomic E-state index is 11.9. The molecule has 0 bridgehead atoms. The van der Waals surface area contributed by atoms with E-state index < -0.39 is 17.9 Å². The second-order valence-electron chi connectivity index (χ2n) is 3.71. The first-order valence-electron chi connectivity index (χ1n) is 5.39. The zero-order valence-electron chi connectivity index (χ0n) is 10.5. The van der Waals surface area contributed by atoms with Gasteiger partial charge in [-0.1, -0.05) is 0 Å². The Morgan fingerprint density at radius 3 is 2.37 bits per heavy atom. The fraction of sp³-hybridized carbons (Fsp3) is 0.250. The highest BCUT2D eigenvalue weighted by Gasteiger charge is 2.28. The summed E-state index contributed by atoms with van der Waals surface area (Å²) >= 11 is 0. The maximum atomic E-state index is 11.9. The molecule has 1 rings (SSSR count). The predicted molar refractivity (Wildman–Crippen MR) is 66.4 cm³/mol. The van der Waals surface area contributed by atoms with Crippen LogP contribution in [0.15, 0.2) is 24.3 Å². The molecule has 7 nitrogen and oxygen atoms in total. The maximum Gasteiger partial charge on any atom is 0.405 e. The number of nitrogens with zero attached hydrogens (tertiary/aromatic N) is 2. The molecule has 0 saturated carbocycles. The number of amides is 1. The summed E-state index contributed by atoms with van der Waals surface area (Å²) in [6, 6.07) is 5.27.